The van der Waals surface area contributed by atoms with Crippen molar-refractivity contribution in [3.63, 3.8) is 0 Å². The van der Waals surface area contributed by atoms with Gasteiger partial charge in [0.25, 0.3) is 0 Å². The number of aryl methyl sites for hydroxylation is 1. The van der Waals surface area contributed by atoms with Crippen molar-refractivity contribution in [3.8, 4) is 0 Å². The molecule has 0 saturated carbocycles. The zero-order valence-corrected chi connectivity index (χ0v) is 16.7. The van der Waals surface area contributed by atoms with E-state index in [0.29, 0.717) is 11.6 Å². The van der Waals surface area contributed by atoms with Crippen LogP contribution in [0.1, 0.15) is 39.7 Å². The summed E-state index contributed by atoms with van der Waals surface area (Å²) in [5.74, 6) is 2.06. The molecule has 2 rings (SSSR count). The first-order valence-corrected chi connectivity index (χ1v) is 9.24. The minimum Gasteiger partial charge on any atom is -0.462 e. The average molecular weight is 450 g/mol. The SMILES string of the molecule is Cc1ccc(C=Cc2nc(C(Cl)C(Cl)Cl)nc(C(Cl)C(Cl)Cl)n2)o1. The minimum atomic E-state index is -0.914. The fourth-order valence-corrected chi connectivity index (χ4v) is 2.32. The molecule has 2 unspecified atom stereocenters. The van der Waals surface area contributed by atoms with Gasteiger partial charge >= 0.3 is 0 Å². The van der Waals surface area contributed by atoms with Crippen LogP contribution in [0, 0.1) is 6.92 Å². The van der Waals surface area contributed by atoms with Crippen LogP contribution in [0.4, 0.5) is 0 Å². The number of aromatic nitrogens is 3. The number of alkyl halides is 6. The van der Waals surface area contributed by atoms with Crippen LogP contribution in [0.3, 0.4) is 0 Å². The zero-order valence-electron chi connectivity index (χ0n) is 12.1. The van der Waals surface area contributed by atoms with E-state index in [4.69, 9.17) is 74.0 Å². The Labute approximate surface area is 169 Å². The molecule has 0 bridgehead atoms. The molecule has 0 spiro atoms. The Hall–Kier alpha value is -0.230. The summed E-state index contributed by atoms with van der Waals surface area (Å²) in [6, 6.07) is 3.65. The molecule has 0 aliphatic rings. The smallest absolute Gasteiger partial charge is 0.156 e. The third kappa shape index (κ3) is 5.38. The van der Waals surface area contributed by atoms with Crippen LogP contribution in [-0.2, 0) is 0 Å². The van der Waals surface area contributed by atoms with Crippen LogP contribution in [0.2, 0.25) is 0 Å². The Bertz CT molecular complexity index is 686. The van der Waals surface area contributed by atoms with Crippen molar-refractivity contribution in [2.45, 2.75) is 27.4 Å². The quantitative estimate of drug-likeness (QED) is 0.499. The summed E-state index contributed by atoms with van der Waals surface area (Å²) in [5, 5.41) is -1.69. The van der Waals surface area contributed by atoms with Crippen molar-refractivity contribution in [3.05, 3.63) is 41.1 Å². The van der Waals surface area contributed by atoms with Crippen molar-refractivity contribution in [1.82, 2.24) is 15.0 Å². The van der Waals surface area contributed by atoms with Gasteiger partial charge in [0.15, 0.2) is 17.5 Å². The Balaban J connectivity index is 2.40. The van der Waals surface area contributed by atoms with Crippen LogP contribution in [-0.4, -0.2) is 24.6 Å². The fraction of sp³-hybridized carbons (Fsp3) is 0.357. The van der Waals surface area contributed by atoms with Gasteiger partial charge in [0, 0.05) is 0 Å². The molecular formula is C14H11Cl6N3O. The topological polar surface area (TPSA) is 51.8 Å². The molecule has 2 aromatic rings. The summed E-state index contributed by atoms with van der Waals surface area (Å²) in [5.41, 5.74) is 0. The van der Waals surface area contributed by atoms with E-state index in [1.54, 1.807) is 12.2 Å². The van der Waals surface area contributed by atoms with Gasteiger partial charge in [-0.1, -0.05) is 0 Å². The summed E-state index contributed by atoms with van der Waals surface area (Å²) in [4.78, 5) is 10.8. The van der Waals surface area contributed by atoms with Gasteiger partial charge in [-0.25, -0.2) is 15.0 Å². The van der Waals surface area contributed by atoms with E-state index in [2.05, 4.69) is 15.0 Å². The van der Waals surface area contributed by atoms with Gasteiger partial charge < -0.3 is 4.42 Å². The molecule has 2 heterocycles. The Morgan fingerprint density at radius 1 is 0.833 bits per heavy atom. The molecule has 0 saturated heterocycles. The first-order valence-electron chi connectivity index (χ1n) is 6.62. The molecule has 0 aliphatic carbocycles. The van der Waals surface area contributed by atoms with Crippen molar-refractivity contribution >= 4 is 81.8 Å². The van der Waals surface area contributed by atoms with E-state index < -0.39 is 20.4 Å². The Morgan fingerprint density at radius 3 is 1.79 bits per heavy atom. The minimum absolute atomic E-state index is 0.173. The second kappa shape index (κ2) is 8.93. The largest absolute Gasteiger partial charge is 0.462 e. The van der Waals surface area contributed by atoms with Crippen molar-refractivity contribution < 1.29 is 4.42 Å². The summed E-state index contributed by atoms with van der Waals surface area (Å²) in [6.07, 6.45) is 3.31. The number of hydrogen-bond donors (Lipinski definition) is 0. The van der Waals surface area contributed by atoms with Gasteiger partial charge in [0.2, 0.25) is 0 Å². The van der Waals surface area contributed by atoms with Gasteiger partial charge in [0.1, 0.15) is 31.9 Å². The summed E-state index contributed by atoms with van der Waals surface area (Å²) >= 11 is 35.4. The number of halogens is 6. The van der Waals surface area contributed by atoms with E-state index >= 15 is 0 Å². The lowest BCUT2D eigenvalue weighted by Crippen LogP contribution is -2.14. The highest BCUT2D eigenvalue weighted by atomic mass is 35.5. The maximum Gasteiger partial charge on any atom is 0.156 e. The zero-order chi connectivity index (χ0) is 17.9. The van der Waals surface area contributed by atoms with Crippen LogP contribution >= 0.6 is 69.6 Å². The molecule has 0 aromatic carbocycles. The standard InChI is InChI=1S/C14H11Cl6N3O/c1-6-2-3-7(24-6)4-5-8-21-13(9(15)11(17)18)23-14(22-8)10(16)12(19)20/h2-5,9-12H,1H3. The molecule has 10 heteroatoms. The molecule has 0 amide bonds. The first kappa shape index (κ1) is 20.1. The molecule has 0 radical (unpaired) electrons. The van der Waals surface area contributed by atoms with Crippen LogP contribution in [0.25, 0.3) is 12.2 Å². The molecule has 2 aromatic heterocycles. The molecule has 2 atom stereocenters. The average Bonchev–Trinajstić information content (AvgIpc) is 2.96. The number of rotatable bonds is 6. The van der Waals surface area contributed by atoms with Crippen LogP contribution < -0.4 is 0 Å². The normalized spacial score (nSPS) is 14.7. The highest BCUT2D eigenvalue weighted by Gasteiger charge is 2.25. The van der Waals surface area contributed by atoms with E-state index in [1.165, 1.54) is 0 Å². The Kier molecular flexibility index (Phi) is 7.47. The van der Waals surface area contributed by atoms with Gasteiger partial charge in [-0.2, -0.15) is 0 Å². The molecule has 0 fully saturated rings. The number of hydrogen-bond acceptors (Lipinski definition) is 4. The summed E-state index contributed by atoms with van der Waals surface area (Å²) in [6.45, 7) is 1.84. The first-order chi connectivity index (χ1) is 11.3. The third-order valence-corrected chi connectivity index (χ3v) is 5.20. The predicted octanol–water partition coefficient (Wildman–Crippen LogP) is 6.11. The van der Waals surface area contributed by atoms with Gasteiger partial charge in [-0.05, 0) is 31.2 Å². The number of furan rings is 1. The van der Waals surface area contributed by atoms with Crippen molar-refractivity contribution in [1.29, 1.82) is 0 Å². The van der Waals surface area contributed by atoms with E-state index in [1.807, 2.05) is 19.1 Å². The van der Waals surface area contributed by atoms with E-state index in [9.17, 15) is 0 Å². The monoisotopic (exact) mass is 447 g/mol. The summed E-state index contributed by atoms with van der Waals surface area (Å²) < 4.78 is 5.44. The van der Waals surface area contributed by atoms with Gasteiger partial charge in [-0.3, -0.25) is 0 Å². The highest BCUT2D eigenvalue weighted by Crippen LogP contribution is 2.32. The van der Waals surface area contributed by atoms with E-state index in [-0.39, 0.29) is 11.6 Å². The van der Waals surface area contributed by atoms with Crippen LogP contribution in [0.15, 0.2) is 16.5 Å². The second-order valence-electron chi connectivity index (χ2n) is 4.66. The van der Waals surface area contributed by atoms with Crippen molar-refractivity contribution in [2.75, 3.05) is 0 Å². The van der Waals surface area contributed by atoms with Gasteiger partial charge in [-0.15, -0.1) is 69.6 Å². The maximum absolute atomic E-state index is 6.12. The highest BCUT2D eigenvalue weighted by molar-refractivity contribution is 6.48. The lowest BCUT2D eigenvalue weighted by molar-refractivity contribution is 0.525. The molecule has 0 N–H and O–H groups in total. The van der Waals surface area contributed by atoms with Crippen LogP contribution in [0.5, 0.6) is 0 Å². The molecular weight excluding hydrogens is 439 g/mol. The lowest BCUT2D eigenvalue weighted by atomic mass is 10.3. The fourth-order valence-electron chi connectivity index (χ4n) is 1.67. The molecule has 0 aliphatic heterocycles. The molecule has 4 nitrogen and oxygen atoms in total. The lowest BCUT2D eigenvalue weighted by Gasteiger charge is -2.13. The predicted molar refractivity (Wildman–Crippen MR) is 100 cm³/mol. The van der Waals surface area contributed by atoms with Crippen molar-refractivity contribution in [2.24, 2.45) is 0 Å². The summed E-state index contributed by atoms with van der Waals surface area (Å²) in [7, 11) is 0. The van der Waals surface area contributed by atoms with Gasteiger partial charge in [0.05, 0.1) is 0 Å². The molecule has 130 valence electrons. The maximum atomic E-state index is 6.12. The number of nitrogens with zero attached hydrogens (tertiary/aromatic N) is 3. The second-order valence-corrected chi connectivity index (χ2v) is 7.93. The van der Waals surface area contributed by atoms with E-state index in [0.717, 1.165) is 5.76 Å². The third-order valence-electron chi connectivity index (χ3n) is 2.78. The molecule has 24 heavy (non-hydrogen) atoms. The Morgan fingerprint density at radius 2 is 1.38 bits per heavy atom.